The summed E-state index contributed by atoms with van der Waals surface area (Å²) in [6, 6.07) is 59.1. The van der Waals surface area contributed by atoms with Crippen molar-refractivity contribution >= 4 is 66.4 Å². The van der Waals surface area contributed by atoms with Crippen molar-refractivity contribution in [1.29, 1.82) is 0 Å². The Morgan fingerprint density at radius 2 is 0.900 bits per heavy atom. The highest BCUT2D eigenvalue weighted by atomic mass is 15.1. The van der Waals surface area contributed by atoms with Crippen LogP contribution in [0.15, 0.2) is 152 Å². The van der Waals surface area contributed by atoms with Crippen LogP contribution in [-0.4, -0.2) is 0 Å². The molecule has 2 nitrogen and oxygen atoms in total. The third-order valence-electron chi connectivity index (χ3n) is 9.98. The Kier molecular flexibility index (Phi) is 7.64. The first-order valence-electron chi connectivity index (χ1n) is 17.6. The number of hydrogen-bond donors (Lipinski definition) is 0. The van der Waals surface area contributed by atoms with E-state index >= 15 is 0 Å². The van der Waals surface area contributed by atoms with Gasteiger partial charge in [-0.2, -0.15) is 0 Å². The van der Waals surface area contributed by atoms with Crippen LogP contribution in [0.25, 0.3) is 32.3 Å². The van der Waals surface area contributed by atoms with E-state index in [2.05, 4.69) is 209 Å². The van der Waals surface area contributed by atoms with Gasteiger partial charge in [0.05, 0.1) is 11.4 Å². The van der Waals surface area contributed by atoms with Crippen LogP contribution in [-0.2, 0) is 10.8 Å². The summed E-state index contributed by atoms with van der Waals surface area (Å²) >= 11 is 0. The molecule has 0 saturated carbocycles. The molecule has 0 N–H and O–H groups in total. The maximum absolute atomic E-state index is 3.75. The number of benzene rings is 8. The van der Waals surface area contributed by atoms with Crippen molar-refractivity contribution in [1.82, 2.24) is 0 Å². The van der Waals surface area contributed by atoms with Gasteiger partial charge in [-0.1, -0.05) is 133 Å². The average molecular weight is 648 g/mol. The van der Waals surface area contributed by atoms with Crippen LogP contribution in [0, 0.1) is 6.07 Å². The van der Waals surface area contributed by atoms with Gasteiger partial charge >= 0.3 is 0 Å². The zero-order chi connectivity index (χ0) is 34.6. The van der Waals surface area contributed by atoms with Gasteiger partial charge in [-0.25, -0.2) is 0 Å². The molecule has 50 heavy (non-hydrogen) atoms. The van der Waals surface area contributed by atoms with Crippen molar-refractivity contribution < 1.29 is 0 Å². The minimum Gasteiger partial charge on any atom is -0.310 e. The molecule has 2 heteroatoms. The Hall–Kier alpha value is -5.60. The lowest BCUT2D eigenvalue weighted by Crippen LogP contribution is -2.15. The minimum atomic E-state index is 0.0260. The van der Waals surface area contributed by atoms with Gasteiger partial charge in [-0.3, -0.25) is 0 Å². The monoisotopic (exact) mass is 647 g/mol. The van der Waals surface area contributed by atoms with Crippen molar-refractivity contribution in [3.63, 3.8) is 0 Å². The molecule has 245 valence electrons. The molecule has 8 aromatic rings. The maximum atomic E-state index is 3.75. The van der Waals surface area contributed by atoms with Gasteiger partial charge < -0.3 is 9.80 Å². The van der Waals surface area contributed by atoms with Crippen molar-refractivity contribution in [3.8, 4) is 0 Å². The molecule has 8 aromatic carbocycles. The third-order valence-corrected chi connectivity index (χ3v) is 9.98. The van der Waals surface area contributed by atoms with Gasteiger partial charge in [0.25, 0.3) is 0 Å². The van der Waals surface area contributed by atoms with Gasteiger partial charge in [0.15, 0.2) is 0 Å². The standard InChI is InChI=1S/C48H43N2/c1-47(2,3)35-15-13-21-39(31-35)49(37-17-9-7-10-18-37)43-29-25-33-24-28-42-44(30-26-34-23-27-41(43)45(33)46(34)42)50(38-19-11-8-12-20-38)40-22-14-16-36(32-40)48(4,5)6/h7-29,31-32H,1-6H3. The second-order valence-electron chi connectivity index (χ2n) is 15.5. The first kappa shape index (κ1) is 31.7. The maximum Gasteiger partial charge on any atom is 0.0619 e. The van der Waals surface area contributed by atoms with E-state index in [0.717, 1.165) is 34.1 Å². The van der Waals surface area contributed by atoms with Crippen molar-refractivity contribution in [2.75, 3.05) is 9.80 Å². The number of nitrogens with zero attached hydrogens (tertiary/aromatic N) is 2. The molecule has 0 unspecified atom stereocenters. The predicted molar refractivity (Wildman–Crippen MR) is 216 cm³/mol. The molecule has 0 spiro atoms. The fraction of sp³-hybridized carbons (Fsp3) is 0.167. The van der Waals surface area contributed by atoms with E-state index < -0.39 is 0 Å². The first-order chi connectivity index (χ1) is 24.1. The molecule has 0 heterocycles. The lowest BCUT2D eigenvalue weighted by atomic mass is 9.86. The quantitative estimate of drug-likeness (QED) is 0.166. The van der Waals surface area contributed by atoms with Crippen LogP contribution in [0.3, 0.4) is 0 Å². The Balaban J connectivity index is 1.39. The number of para-hydroxylation sites is 2. The number of hydrogen-bond acceptors (Lipinski definition) is 2. The summed E-state index contributed by atoms with van der Waals surface area (Å²) in [5.74, 6) is 0. The summed E-state index contributed by atoms with van der Waals surface area (Å²) in [5, 5.41) is 7.37. The van der Waals surface area contributed by atoms with Gasteiger partial charge in [-0.05, 0) is 104 Å². The van der Waals surface area contributed by atoms with Gasteiger partial charge in [0.2, 0.25) is 0 Å². The zero-order valence-electron chi connectivity index (χ0n) is 29.8. The first-order valence-corrected chi connectivity index (χ1v) is 17.6. The second-order valence-corrected chi connectivity index (χ2v) is 15.5. The minimum absolute atomic E-state index is 0.0260. The smallest absolute Gasteiger partial charge is 0.0619 e. The lowest BCUT2D eigenvalue weighted by molar-refractivity contribution is 0.590. The molecule has 1 radical (unpaired) electrons. The average Bonchev–Trinajstić information content (AvgIpc) is 3.12. The molecule has 0 bridgehead atoms. The van der Waals surface area contributed by atoms with E-state index in [9.17, 15) is 0 Å². The topological polar surface area (TPSA) is 6.48 Å². The molecular formula is C48H43N2. The van der Waals surface area contributed by atoms with Crippen LogP contribution in [0.1, 0.15) is 52.7 Å². The summed E-state index contributed by atoms with van der Waals surface area (Å²) in [6.07, 6.45) is 0. The van der Waals surface area contributed by atoms with E-state index in [1.807, 2.05) is 0 Å². The molecular weight excluding hydrogens is 605 g/mol. The van der Waals surface area contributed by atoms with Crippen molar-refractivity contribution in [2.45, 2.75) is 52.4 Å². The summed E-state index contributed by atoms with van der Waals surface area (Å²) in [6.45, 7) is 13.7. The number of anilines is 6. The van der Waals surface area contributed by atoms with E-state index in [1.54, 1.807) is 0 Å². The van der Waals surface area contributed by atoms with Crippen LogP contribution in [0.4, 0.5) is 34.1 Å². The lowest BCUT2D eigenvalue weighted by Gasteiger charge is -2.30. The van der Waals surface area contributed by atoms with Gasteiger partial charge in [-0.15, -0.1) is 0 Å². The fourth-order valence-electron chi connectivity index (χ4n) is 7.29. The molecule has 0 amide bonds. The molecule has 0 aromatic heterocycles. The normalized spacial score (nSPS) is 12.2. The SMILES string of the molecule is CC(C)(C)c1cccc(N(c2ccccc2)c2[c]cc3ccc4c(N(c5ccccc5)c5cccc(C(C)(C)C)c5)ccc5ccc2c3c54)c1. The Morgan fingerprint density at radius 1 is 0.420 bits per heavy atom. The van der Waals surface area contributed by atoms with E-state index in [-0.39, 0.29) is 10.8 Å². The summed E-state index contributed by atoms with van der Waals surface area (Å²) in [4.78, 5) is 4.79. The Bertz CT molecular complexity index is 2270. The Labute approximate surface area is 296 Å². The fourth-order valence-corrected chi connectivity index (χ4v) is 7.29. The number of rotatable bonds is 6. The highest BCUT2D eigenvalue weighted by molar-refractivity contribution is 6.28. The zero-order valence-corrected chi connectivity index (χ0v) is 29.8. The third kappa shape index (κ3) is 5.55. The van der Waals surface area contributed by atoms with Crippen molar-refractivity contribution in [3.05, 3.63) is 169 Å². The highest BCUT2D eigenvalue weighted by Gasteiger charge is 2.24. The second kappa shape index (κ2) is 12.1. The molecule has 0 fully saturated rings. The van der Waals surface area contributed by atoms with E-state index in [4.69, 9.17) is 0 Å². The largest absolute Gasteiger partial charge is 0.310 e. The molecule has 0 atom stereocenters. The van der Waals surface area contributed by atoms with Gasteiger partial charge in [0, 0.05) is 39.6 Å². The van der Waals surface area contributed by atoms with Crippen LogP contribution in [0.2, 0.25) is 0 Å². The summed E-state index contributed by atoms with van der Waals surface area (Å²) in [7, 11) is 0. The Morgan fingerprint density at radius 3 is 1.50 bits per heavy atom. The summed E-state index contributed by atoms with van der Waals surface area (Å²) < 4.78 is 0. The van der Waals surface area contributed by atoms with Gasteiger partial charge in [0.1, 0.15) is 0 Å². The molecule has 0 saturated heterocycles. The highest BCUT2D eigenvalue weighted by Crippen LogP contribution is 2.47. The van der Waals surface area contributed by atoms with E-state index in [0.29, 0.717) is 0 Å². The van der Waals surface area contributed by atoms with Crippen LogP contribution in [0.5, 0.6) is 0 Å². The predicted octanol–water partition coefficient (Wildman–Crippen LogP) is 13.9. The van der Waals surface area contributed by atoms with E-state index in [1.165, 1.54) is 43.4 Å². The van der Waals surface area contributed by atoms with Crippen molar-refractivity contribution in [2.24, 2.45) is 0 Å². The molecule has 0 aliphatic rings. The van der Waals surface area contributed by atoms with Crippen LogP contribution < -0.4 is 9.80 Å². The van der Waals surface area contributed by atoms with Crippen LogP contribution >= 0.6 is 0 Å². The summed E-state index contributed by atoms with van der Waals surface area (Å²) in [5.41, 5.74) is 9.41. The molecule has 0 aliphatic heterocycles. The molecule has 8 rings (SSSR count). The molecule has 0 aliphatic carbocycles.